The molecule has 1 saturated carbocycles. The zero-order valence-electron chi connectivity index (χ0n) is 11.6. The van der Waals surface area contributed by atoms with Crippen molar-refractivity contribution >= 4 is 5.91 Å². The monoisotopic (exact) mass is 273 g/mol. The molecule has 0 aromatic carbocycles. The van der Waals surface area contributed by atoms with E-state index in [1.165, 1.54) is 0 Å². The summed E-state index contributed by atoms with van der Waals surface area (Å²) in [4.78, 5) is 12.1. The number of hydrogen-bond donors (Lipinski definition) is 1. The predicted octanol–water partition coefficient (Wildman–Crippen LogP) is 1.24. The van der Waals surface area contributed by atoms with Crippen LogP contribution in [0.5, 0.6) is 0 Å². The van der Waals surface area contributed by atoms with E-state index in [-0.39, 0.29) is 17.4 Å². The van der Waals surface area contributed by atoms with Gasteiger partial charge in [-0.1, -0.05) is 0 Å². The van der Waals surface area contributed by atoms with Gasteiger partial charge in [0.1, 0.15) is 6.04 Å². The van der Waals surface area contributed by atoms with E-state index in [2.05, 4.69) is 15.5 Å². The Kier molecular flexibility index (Phi) is 3.30. The standard InChI is InChI=1S/C14H19N5O/c1-12(19-9-3-7-17-19)13(20)15-10-14(4-5-14)11-18-8-2-6-16-18/h2-3,6-9,12H,4-5,10-11H2,1H3,(H,15,20)/t12-/m0/s1. The molecule has 20 heavy (non-hydrogen) atoms. The van der Waals surface area contributed by atoms with Crippen LogP contribution < -0.4 is 5.32 Å². The van der Waals surface area contributed by atoms with Crippen molar-refractivity contribution in [1.29, 1.82) is 0 Å². The van der Waals surface area contributed by atoms with Crippen LogP contribution in [0.3, 0.4) is 0 Å². The summed E-state index contributed by atoms with van der Waals surface area (Å²) in [5, 5.41) is 11.4. The van der Waals surface area contributed by atoms with Crippen molar-refractivity contribution in [2.24, 2.45) is 5.41 Å². The molecule has 6 nitrogen and oxygen atoms in total. The Morgan fingerprint density at radius 1 is 1.30 bits per heavy atom. The molecule has 1 N–H and O–H groups in total. The Balaban J connectivity index is 1.53. The van der Waals surface area contributed by atoms with Gasteiger partial charge in [-0.25, -0.2) is 0 Å². The molecule has 2 heterocycles. The van der Waals surface area contributed by atoms with Crippen molar-refractivity contribution in [3.05, 3.63) is 36.9 Å². The summed E-state index contributed by atoms with van der Waals surface area (Å²) >= 11 is 0. The van der Waals surface area contributed by atoms with Gasteiger partial charge in [0.25, 0.3) is 0 Å². The number of rotatable bonds is 6. The smallest absolute Gasteiger partial charge is 0.244 e. The zero-order valence-corrected chi connectivity index (χ0v) is 11.6. The van der Waals surface area contributed by atoms with E-state index in [0.717, 1.165) is 19.4 Å². The summed E-state index contributed by atoms with van der Waals surface area (Å²) in [5.74, 6) is 0.0143. The molecule has 0 unspecified atom stereocenters. The number of carbonyl (C=O) groups is 1. The molecule has 0 saturated heterocycles. The molecule has 1 aliphatic rings. The van der Waals surface area contributed by atoms with E-state index in [0.29, 0.717) is 6.54 Å². The molecule has 2 aromatic heterocycles. The Labute approximate surface area is 117 Å². The first-order valence-corrected chi connectivity index (χ1v) is 6.93. The molecule has 106 valence electrons. The van der Waals surface area contributed by atoms with Gasteiger partial charge in [0.2, 0.25) is 5.91 Å². The van der Waals surface area contributed by atoms with Crippen molar-refractivity contribution in [2.75, 3.05) is 6.54 Å². The third-order valence-corrected chi connectivity index (χ3v) is 3.95. The van der Waals surface area contributed by atoms with E-state index in [1.807, 2.05) is 29.9 Å². The van der Waals surface area contributed by atoms with Gasteiger partial charge in [-0.15, -0.1) is 0 Å². The highest BCUT2D eigenvalue weighted by molar-refractivity contribution is 5.79. The quantitative estimate of drug-likeness (QED) is 0.861. The number of hydrogen-bond acceptors (Lipinski definition) is 3. The Hall–Kier alpha value is -2.11. The molecule has 0 aliphatic heterocycles. The third kappa shape index (κ3) is 2.74. The number of nitrogens with zero attached hydrogens (tertiary/aromatic N) is 4. The lowest BCUT2D eigenvalue weighted by molar-refractivity contribution is -0.124. The number of carbonyl (C=O) groups excluding carboxylic acids is 1. The summed E-state index contributed by atoms with van der Waals surface area (Å²) in [6.07, 6.45) is 9.53. The molecule has 1 fully saturated rings. The van der Waals surface area contributed by atoms with Crippen molar-refractivity contribution in [2.45, 2.75) is 32.4 Å². The van der Waals surface area contributed by atoms with E-state index >= 15 is 0 Å². The third-order valence-electron chi connectivity index (χ3n) is 3.95. The van der Waals surface area contributed by atoms with Gasteiger partial charge in [0, 0.05) is 43.3 Å². The lowest BCUT2D eigenvalue weighted by atomic mass is 10.1. The molecule has 2 aromatic rings. The molecule has 1 aliphatic carbocycles. The zero-order chi connectivity index (χ0) is 14.0. The number of nitrogens with one attached hydrogen (secondary N) is 1. The summed E-state index contributed by atoms with van der Waals surface area (Å²) in [5.41, 5.74) is 0.186. The van der Waals surface area contributed by atoms with Crippen molar-refractivity contribution < 1.29 is 4.79 Å². The highest BCUT2D eigenvalue weighted by Crippen LogP contribution is 2.46. The minimum atomic E-state index is -0.273. The van der Waals surface area contributed by atoms with Crippen molar-refractivity contribution in [3.63, 3.8) is 0 Å². The second kappa shape index (κ2) is 5.11. The first kappa shape index (κ1) is 12.9. The maximum atomic E-state index is 12.1. The van der Waals surface area contributed by atoms with Gasteiger partial charge in [-0.05, 0) is 31.9 Å². The van der Waals surface area contributed by atoms with E-state index in [4.69, 9.17) is 0 Å². The average molecular weight is 273 g/mol. The number of aromatic nitrogens is 4. The fourth-order valence-electron chi connectivity index (χ4n) is 2.36. The average Bonchev–Trinajstić information content (AvgIpc) is 2.91. The Bertz CT molecular complexity index is 556. The maximum absolute atomic E-state index is 12.1. The fourth-order valence-corrected chi connectivity index (χ4v) is 2.36. The molecule has 6 heteroatoms. The van der Waals surface area contributed by atoms with Crippen LogP contribution in [0.1, 0.15) is 25.8 Å². The van der Waals surface area contributed by atoms with Crippen LogP contribution in [-0.4, -0.2) is 32.0 Å². The SMILES string of the molecule is C[C@@H](C(=O)NCC1(Cn2cccn2)CC1)n1cccn1. The molecule has 0 bridgehead atoms. The first-order valence-electron chi connectivity index (χ1n) is 6.93. The molecule has 1 atom stereocenters. The van der Waals surface area contributed by atoms with E-state index in [9.17, 15) is 4.79 Å². The molecule has 0 radical (unpaired) electrons. The van der Waals surface area contributed by atoms with Crippen LogP contribution in [0, 0.1) is 5.41 Å². The topological polar surface area (TPSA) is 64.7 Å². The predicted molar refractivity (Wildman–Crippen MR) is 73.8 cm³/mol. The van der Waals surface area contributed by atoms with Gasteiger partial charge < -0.3 is 5.32 Å². The molecule has 1 amide bonds. The van der Waals surface area contributed by atoms with Crippen LogP contribution in [-0.2, 0) is 11.3 Å². The van der Waals surface area contributed by atoms with Crippen LogP contribution >= 0.6 is 0 Å². The second-order valence-electron chi connectivity index (χ2n) is 5.58. The highest BCUT2D eigenvalue weighted by atomic mass is 16.2. The van der Waals surface area contributed by atoms with Crippen molar-refractivity contribution in [3.8, 4) is 0 Å². The Morgan fingerprint density at radius 3 is 2.65 bits per heavy atom. The minimum Gasteiger partial charge on any atom is -0.354 e. The first-order chi connectivity index (χ1) is 9.69. The van der Waals surface area contributed by atoms with Gasteiger partial charge in [-0.2, -0.15) is 10.2 Å². The van der Waals surface area contributed by atoms with Crippen molar-refractivity contribution in [1.82, 2.24) is 24.9 Å². The van der Waals surface area contributed by atoms with Gasteiger partial charge in [-0.3, -0.25) is 14.2 Å². The lowest BCUT2D eigenvalue weighted by Crippen LogP contribution is -2.36. The molecule has 3 rings (SSSR count). The van der Waals surface area contributed by atoms with E-state index in [1.54, 1.807) is 23.3 Å². The summed E-state index contributed by atoms with van der Waals surface area (Å²) in [7, 11) is 0. The van der Waals surface area contributed by atoms with Crippen LogP contribution in [0.4, 0.5) is 0 Å². The van der Waals surface area contributed by atoms with Gasteiger partial charge in [0.15, 0.2) is 0 Å². The normalized spacial score (nSPS) is 17.6. The molecular formula is C14H19N5O. The minimum absolute atomic E-state index is 0.0143. The summed E-state index contributed by atoms with van der Waals surface area (Å²) in [6, 6.07) is 3.48. The maximum Gasteiger partial charge on any atom is 0.244 e. The summed E-state index contributed by atoms with van der Waals surface area (Å²) in [6.45, 7) is 3.43. The van der Waals surface area contributed by atoms with E-state index < -0.39 is 0 Å². The van der Waals surface area contributed by atoms with Crippen LogP contribution in [0.15, 0.2) is 36.9 Å². The van der Waals surface area contributed by atoms with Gasteiger partial charge >= 0.3 is 0 Å². The summed E-state index contributed by atoms with van der Waals surface area (Å²) < 4.78 is 3.61. The molecular weight excluding hydrogens is 254 g/mol. The lowest BCUT2D eigenvalue weighted by Gasteiger charge is -2.18. The number of amides is 1. The van der Waals surface area contributed by atoms with Crippen LogP contribution in [0.25, 0.3) is 0 Å². The largest absolute Gasteiger partial charge is 0.354 e. The van der Waals surface area contributed by atoms with Gasteiger partial charge in [0.05, 0.1) is 0 Å². The highest BCUT2D eigenvalue weighted by Gasteiger charge is 2.43. The molecule has 0 spiro atoms. The fraction of sp³-hybridized carbons (Fsp3) is 0.500. The van der Waals surface area contributed by atoms with Crippen LogP contribution in [0.2, 0.25) is 0 Å². The second-order valence-corrected chi connectivity index (χ2v) is 5.58. The Morgan fingerprint density at radius 2 is 2.05 bits per heavy atom.